The summed E-state index contributed by atoms with van der Waals surface area (Å²) in [5.41, 5.74) is 5.26. The lowest BCUT2D eigenvalue weighted by atomic mass is 9.95. The van der Waals surface area contributed by atoms with E-state index in [0.29, 0.717) is 0 Å². The number of aliphatic hydroxyl groups excluding tert-OH is 1. The summed E-state index contributed by atoms with van der Waals surface area (Å²) >= 11 is 0. The van der Waals surface area contributed by atoms with Crippen LogP contribution in [-0.2, 0) is 6.61 Å². The van der Waals surface area contributed by atoms with Gasteiger partial charge in [-0.2, -0.15) is 0 Å². The Morgan fingerprint density at radius 3 is 1.65 bits per heavy atom. The van der Waals surface area contributed by atoms with Crippen molar-refractivity contribution in [3.63, 3.8) is 0 Å². The number of rotatable bonds is 6. The number of aliphatic hydroxyl groups is 1. The van der Waals surface area contributed by atoms with Crippen LogP contribution in [0, 0.1) is 0 Å². The summed E-state index contributed by atoms with van der Waals surface area (Å²) in [6.45, 7) is 0.0420. The van der Waals surface area contributed by atoms with Gasteiger partial charge in [0.1, 0.15) is 11.5 Å². The molecule has 0 atom stereocenters. The smallest absolute Gasteiger partial charge is 0.118 e. The topological polar surface area (TPSA) is 38.7 Å². The van der Waals surface area contributed by atoms with E-state index in [4.69, 9.17) is 9.47 Å². The molecule has 0 heterocycles. The molecule has 0 radical (unpaired) electrons. The van der Waals surface area contributed by atoms with Crippen molar-refractivity contribution >= 4 is 11.6 Å². The second-order valence-electron chi connectivity index (χ2n) is 5.91. The van der Waals surface area contributed by atoms with Crippen molar-refractivity contribution in [2.24, 2.45) is 0 Å². The number of hydrogen-bond acceptors (Lipinski definition) is 3. The molecule has 0 aromatic heterocycles. The van der Waals surface area contributed by atoms with Gasteiger partial charge in [-0.25, -0.2) is 0 Å². The Bertz CT molecular complexity index is 811. The predicted octanol–water partition coefficient (Wildman–Crippen LogP) is 4.79. The van der Waals surface area contributed by atoms with Gasteiger partial charge in [-0.15, -0.1) is 0 Å². The molecule has 0 spiro atoms. The largest absolute Gasteiger partial charge is 0.497 e. The minimum absolute atomic E-state index is 0.0420. The fourth-order valence-corrected chi connectivity index (χ4v) is 2.76. The van der Waals surface area contributed by atoms with E-state index < -0.39 is 0 Å². The van der Waals surface area contributed by atoms with Crippen LogP contribution < -0.4 is 9.47 Å². The van der Waals surface area contributed by atoms with Crippen LogP contribution in [0.3, 0.4) is 0 Å². The second kappa shape index (κ2) is 8.37. The van der Waals surface area contributed by atoms with E-state index in [2.05, 4.69) is 6.08 Å². The standard InChI is InChI=1S/C23H22O3/c1-25-21-11-5-17(6-12-21)15-23(19-7-3-18(16-24)4-8-19)20-9-13-22(26-2)14-10-20/h3-15,24H,16H2,1-2H3/b23-15-. The Hall–Kier alpha value is -3.04. The Kier molecular flexibility index (Phi) is 5.72. The highest BCUT2D eigenvalue weighted by molar-refractivity contribution is 5.91. The van der Waals surface area contributed by atoms with Gasteiger partial charge in [-0.1, -0.05) is 48.5 Å². The summed E-state index contributed by atoms with van der Waals surface area (Å²) in [5, 5.41) is 9.29. The minimum atomic E-state index is 0.0420. The first-order valence-electron chi connectivity index (χ1n) is 8.44. The number of methoxy groups -OCH3 is 2. The number of hydrogen-bond donors (Lipinski definition) is 1. The molecule has 132 valence electrons. The van der Waals surface area contributed by atoms with Crippen LogP contribution in [0.5, 0.6) is 11.5 Å². The van der Waals surface area contributed by atoms with E-state index in [1.54, 1.807) is 14.2 Å². The predicted molar refractivity (Wildman–Crippen MR) is 105 cm³/mol. The van der Waals surface area contributed by atoms with Crippen molar-refractivity contribution in [2.45, 2.75) is 6.61 Å². The molecule has 0 aliphatic heterocycles. The van der Waals surface area contributed by atoms with Gasteiger partial charge in [-0.05, 0) is 58.2 Å². The normalized spacial score (nSPS) is 11.3. The van der Waals surface area contributed by atoms with E-state index in [0.717, 1.165) is 39.3 Å². The molecule has 0 saturated heterocycles. The summed E-state index contributed by atoms with van der Waals surface area (Å²) < 4.78 is 10.5. The number of ether oxygens (including phenoxy) is 2. The third-order valence-corrected chi connectivity index (χ3v) is 4.28. The third kappa shape index (κ3) is 4.13. The molecule has 3 nitrogen and oxygen atoms in total. The summed E-state index contributed by atoms with van der Waals surface area (Å²) in [4.78, 5) is 0. The zero-order chi connectivity index (χ0) is 18.4. The monoisotopic (exact) mass is 346 g/mol. The van der Waals surface area contributed by atoms with Crippen LogP contribution in [0.15, 0.2) is 72.8 Å². The van der Waals surface area contributed by atoms with Crippen molar-refractivity contribution in [3.05, 3.63) is 95.1 Å². The van der Waals surface area contributed by atoms with E-state index in [-0.39, 0.29) is 6.61 Å². The molecule has 0 bridgehead atoms. The Morgan fingerprint density at radius 1 is 0.731 bits per heavy atom. The second-order valence-corrected chi connectivity index (χ2v) is 5.91. The van der Waals surface area contributed by atoms with Gasteiger partial charge >= 0.3 is 0 Å². The van der Waals surface area contributed by atoms with Crippen LogP contribution in [0.25, 0.3) is 11.6 Å². The fraction of sp³-hybridized carbons (Fsp3) is 0.130. The lowest BCUT2D eigenvalue weighted by Gasteiger charge is -2.11. The van der Waals surface area contributed by atoms with Gasteiger partial charge in [0, 0.05) is 0 Å². The molecule has 26 heavy (non-hydrogen) atoms. The third-order valence-electron chi connectivity index (χ3n) is 4.28. The highest BCUT2D eigenvalue weighted by Gasteiger charge is 2.07. The lowest BCUT2D eigenvalue weighted by Crippen LogP contribution is -1.91. The molecule has 1 N–H and O–H groups in total. The van der Waals surface area contributed by atoms with Gasteiger partial charge in [0.15, 0.2) is 0 Å². The molecule has 0 fully saturated rings. The molecule has 3 aromatic carbocycles. The quantitative estimate of drug-likeness (QED) is 0.653. The van der Waals surface area contributed by atoms with Crippen LogP contribution >= 0.6 is 0 Å². The zero-order valence-corrected chi connectivity index (χ0v) is 15.0. The Morgan fingerprint density at radius 2 is 1.19 bits per heavy atom. The molecule has 0 aliphatic carbocycles. The molecular weight excluding hydrogens is 324 g/mol. The highest BCUT2D eigenvalue weighted by Crippen LogP contribution is 2.28. The molecule has 0 amide bonds. The van der Waals surface area contributed by atoms with Gasteiger partial charge in [0.25, 0.3) is 0 Å². The van der Waals surface area contributed by atoms with Crippen LogP contribution in [0.2, 0.25) is 0 Å². The van der Waals surface area contributed by atoms with Crippen LogP contribution in [-0.4, -0.2) is 19.3 Å². The van der Waals surface area contributed by atoms with Gasteiger partial charge in [0.2, 0.25) is 0 Å². The van der Waals surface area contributed by atoms with E-state index in [1.165, 1.54) is 0 Å². The summed E-state index contributed by atoms with van der Waals surface area (Å²) in [7, 11) is 3.33. The molecule has 0 saturated carbocycles. The summed E-state index contributed by atoms with van der Waals surface area (Å²) in [6, 6.07) is 23.9. The Balaban J connectivity index is 2.05. The first-order chi connectivity index (χ1) is 12.7. The lowest BCUT2D eigenvalue weighted by molar-refractivity contribution is 0.282. The first kappa shape index (κ1) is 17.8. The summed E-state index contributed by atoms with van der Waals surface area (Å²) in [6.07, 6.45) is 2.15. The van der Waals surface area contributed by atoms with Crippen LogP contribution in [0.1, 0.15) is 22.3 Å². The van der Waals surface area contributed by atoms with Gasteiger partial charge in [-0.3, -0.25) is 0 Å². The van der Waals surface area contributed by atoms with Crippen molar-refractivity contribution in [2.75, 3.05) is 14.2 Å². The first-order valence-corrected chi connectivity index (χ1v) is 8.44. The molecule has 0 unspecified atom stereocenters. The average Bonchev–Trinajstić information content (AvgIpc) is 2.73. The average molecular weight is 346 g/mol. The SMILES string of the molecule is COc1ccc(/C=C(/c2ccc(CO)cc2)c2ccc(OC)cc2)cc1. The zero-order valence-electron chi connectivity index (χ0n) is 15.0. The molecule has 3 aromatic rings. The highest BCUT2D eigenvalue weighted by atomic mass is 16.5. The Labute approximate surface area is 154 Å². The molecule has 3 heteroatoms. The van der Waals surface area contributed by atoms with E-state index in [9.17, 15) is 5.11 Å². The molecule has 3 rings (SSSR count). The van der Waals surface area contributed by atoms with Crippen LogP contribution in [0.4, 0.5) is 0 Å². The number of benzene rings is 3. The fourth-order valence-electron chi connectivity index (χ4n) is 2.76. The van der Waals surface area contributed by atoms with Crippen molar-refractivity contribution in [3.8, 4) is 11.5 Å². The van der Waals surface area contributed by atoms with Crippen molar-refractivity contribution in [1.82, 2.24) is 0 Å². The van der Waals surface area contributed by atoms with Gasteiger partial charge < -0.3 is 14.6 Å². The van der Waals surface area contributed by atoms with Crippen molar-refractivity contribution in [1.29, 1.82) is 0 Å². The van der Waals surface area contributed by atoms with Crippen molar-refractivity contribution < 1.29 is 14.6 Å². The van der Waals surface area contributed by atoms with Gasteiger partial charge in [0.05, 0.1) is 20.8 Å². The molecule has 0 aliphatic rings. The molecular formula is C23H22O3. The van der Waals surface area contributed by atoms with E-state index >= 15 is 0 Å². The summed E-state index contributed by atoms with van der Waals surface area (Å²) in [5.74, 6) is 1.66. The maximum atomic E-state index is 9.29. The maximum absolute atomic E-state index is 9.29. The van der Waals surface area contributed by atoms with E-state index in [1.807, 2.05) is 72.8 Å². The minimum Gasteiger partial charge on any atom is -0.497 e. The maximum Gasteiger partial charge on any atom is 0.118 e.